The van der Waals surface area contributed by atoms with Crippen molar-refractivity contribution in [3.63, 3.8) is 0 Å². The predicted octanol–water partition coefficient (Wildman–Crippen LogP) is 5.06. The van der Waals surface area contributed by atoms with Crippen LogP contribution in [0.5, 0.6) is 0 Å². The van der Waals surface area contributed by atoms with Crippen molar-refractivity contribution in [2.45, 2.75) is 42.8 Å². The van der Waals surface area contributed by atoms with Crippen LogP contribution in [0.25, 0.3) is 0 Å². The summed E-state index contributed by atoms with van der Waals surface area (Å²) in [6.45, 7) is 1.82. The molecule has 0 aromatic heterocycles. The molecule has 160 valence electrons. The first-order chi connectivity index (χ1) is 14.9. The normalized spacial score (nSPS) is 22.3. The van der Waals surface area contributed by atoms with Gasteiger partial charge in [0.2, 0.25) is 0 Å². The second-order valence-electron chi connectivity index (χ2n) is 8.29. The lowest BCUT2D eigenvalue weighted by molar-refractivity contribution is 0.0156. The van der Waals surface area contributed by atoms with Crippen molar-refractivity contribution in [2.75, 3.05) is 6.61 Å². The molecule has 1 fully saturated rings. The van der Waals surface area contributed by atoms with E-state index in [9.17, 15) is 12.8 Å². The van der Waals surface area contributed by atoms with E-state index in [1.165, 1.54) is 17.2 Å². The summed E-state index contributed by atoms with van der Waals surface area (Å²) in [6.07, 6.45) is 0.606. The number of fused-ring (bicyclic) bond motifs is 5. The maximum Gasteiger partial charge on any atom is 0.297 e. The zero-order valence-corrected chi connectivity index (χ0v) is 17.9. The van der Waals surface area contributed by atoms with Gasteiger partial charge in [-0.25, -0.2) is 4.39 Å². The van der Waals surface area contributed by atoms with E-state index in [-0.39, 0.29) is 29.3 Å². The lowest BCUT2D eigenvalue weighted by Crippen LogP contribution is -2.19. The van der Waals surface area contributed by atoms with E-state index in [1.54, 1.807) is 30.3 Å². The molecular weight excluding hydrogens is 415 g/mol. The average molecular weight is 439 g/mol. The van der Waals surface area contributed by atoms with Gasteiger partial charge in [-0.3, -0.25) is 4.18 Å². The Labute approximate surface area is 181 Å². The quantitative estimate of drug-likeness (QED) is 0.535. The largest absolute Gasteiger partial charge is 0.367 e. The maximum atomic E-state index is 14.1. The van der Waals surface area contributed by atoms with E-state index in [4.69, 9.17) is 8.92 Å². The minimum absolute atomic E-state index is 0.0231. The number of rotatable bonds is 4. The standard InChI is InChI=1S/C25H23FO4S/c1-16-6-10-21(11-7-16)31(27,28)29-15-20-14-24-22-5-3-2-4-17(22)12-18-8-9-19(26)13-23(18)25(24)30-20/h2-11,13,20,24-25H,12,14-15H2,1H3/t20-,24-,25-/m1/s1. The number of benzene rings is 3. The molecule has 1 heterocycles. The van der Waals surface area contributed by atoms with Gasteiger partial charge in [-0.05, 0) is 66.3 Å². The topological polar surface area (TPSA) is 52.6 Å². The van der Waals surface area contributed by atoms with Gasteiger partial charge >= 0.3 is 0 Å². The second kappa shape index (κ2) is 7.86. The van der Waals surface area contributed by atoms with Crippen molar-refractivity contribution in [2.24, 2.45) is 0 Å². The van der Waals surface area contributed by atoms with Crippen LogP contribution in [0.3, 0.4) is 0 Å². The Morgan fingerprint density at radius 2 is 1.74 bits per heavy atom. The molecule has 6 heteroatoms. The highest BCUT2D eigenvalue weighted by molar-refractivity contribution is 7.86. The van der Waals surface area contributed by atoms with Crippen molar-refractivity contribution >= 4 is 10.1 Å². The molecule has 0 radical (unpaired) electrons. The fourth-order valence-electron chi connectivity index (χ4n) is 4.64. The summed E-state index contributed by atoms with van der Waals surface area (Å²) >= 11 is 0. The molecule has 0 spiro atoms. The Hall–Kier alpha value is -2.54. The van der Waals surface area contributed by atoms with Gasteiger partial charge in [0.15, 0.2) is 0 Å². The van der Waals surface area contributed by atoms with Crippen LogP contribution in [-0.4, -0.2) is 21.1 Å². The summed E-state index contributed by atoms with van der Waals surface area (Å²) in [7, 11) is -3.87. The minimum atomic E-state index is -3.87. The summed E-state index contributed by atoms with van der Waals surface area (Å²) in [6, 6.07) is 19.6. The monoisotopic (exact) mass is 438 g/mol. The second-order valence-corrected chi connectivity index (χ2v) is 9.91. The molecule has 0 unspecified atom stereocenters. The molecule has 1 aliphatic heterocycles. The highest BCUT2D eigenvalue weighted by atomic mass is 32.2. The minimum Gasteiger partial charge on any atom is -0.367 e. The molecule has 1 aliphatic carbocycles. The van der Waals surface area contributed by atoms with Crippen LogP contribution < -0.4 is 0 Å². The Kier molecular flexibility index (Phi) is 5.16. The molecule has 0 bridgehead atoms. The van der Waals surface area contributed by atoms with Gasteiger partial charge in [0.05, 0.1) is 23.7 Å². The molecule has 3 aromatic rings. The van der Waals surface area contributed by atoms with Crippen LogP contribution in [-0.2, 0) is 25.5 Å². The van der Waals surface area contributed by atoms with E-state index >= 15 is 0 Å². The molecule has 2 aliphatic rings. The first-order valence-electron chi connectivity index (χ1n) is 10.4. The Bertz CT molecular complexity index is 1220. The lowest BCUT2D eigenvalue weighted by atomic mass is 9.87. The highest BCUT2D eigenvalue weighted by Crippen LogP contribution is 2.49. The van der Waals surface area contributed by atoms with Crippen molar-refractivity contribution in [3.05, 3.63) is 100 Å². The smallest absolute Gasteiger partial charge is 0.297 e. The third-order valence-corrected chi connectivity index (χ3v) is 7.49. The molecule has 31 heavy (non-hydrogen) atoms. The van der Waals surface area contributed by atoms with Crippen molar-refractivity contribution < 1.29 is 21.7 Å². The van der Waals surface area contributed by atoms with Gasteiger partial charge in [0, 0.05) is 5.92 Å². The van der Waals surface area contributed by atoms with E-state index in [1.807, 2.05) is 25.1 Å². The SMILES string of the molecule is Cc1ccc(S(=O)(=O)OC[C@H]2C[C@@H]3c4ccccc4Cc4ccc(F)cc4[C@H]3O2)cc1. The fraction of sp³-hybridized carbons (Fsp3) is 0.280. The zero-order valence-electron chi connectivity index (χ0n) is 17.1. The van der Waals surface area contributed by atoms with Crippen LogP contribution >= 0.6 is 0 Å². The number of hydrogen-bond acceptors (Lipinski definition) is 4. The van der Waals surface area contributed by atoms with Gasteiger partial charge in [-0.15, -0.1) is 0 Å². The number of hydrogen-bond donors (Lipinski definition) is 0. The summed E-state index contributed by atoms with van der Waals surface area (Å²) < 4.78 is 50.9. The van der Waals surface area contributed by atoms with E-state index in [2.05, 4.69) is 12.1 Å². The van der Waals surface area contributed by atoms with Crippen LogP contribution in [0.15, 0.2) is 71.6 Å². The summed E-state index contributed by atoms with van der Waals surface area (Å²) in [5, 5.41) is 0. The molecule has 5 rings (SSSR count). The van der Waals surface area contributed by atoms with Gasteiger partial charge in [0.1, 0.15) is 5.82 Å². The first-order valence-corrected chi connectivity index (χ1v) is 11.8. The van der Waals surface area contributed by atoms with Gasteiger partial charge in [0.25, 0.3) is 10.1 Å². The van der Waals surface area contributed by atoms with Crippen molar-refractivity contribution in [3.8, 4) is 0 Å². The molecule has 0 amide bonds. The van der Waals surface area contributed by atoms with Gasteiger partial charge < -0.3 is 4.74 Å². The number of ether oxygens (including phenoxy) is 1. The summed E-state index contributed by atoms with van der Waals surface area (Å²) in [4.78, 5) is 0.128. The van der Waals surface area contributed by atoms with Crippen LogP contribution in [0.4, 0.5) is 4.39 Å². The predicted molar refractivity (Wildman–Crippen MR) is 115 cm³/mol. The average Bonchev–Trinajstić information content (AvgIpc) is 3.13. The molecule has 3 atom stereocenters. The molecule has 3 aromatic carbocycles. The molecule has 0 saturated carbocycles. The van der Waals surface area contributed by atoms with Crippen molar-refractivity contribution in [1.29, 1.82) is 0 Å². The molecule has 0 N–H and O–H groups in total. The maximum absolute atomic E-state index is 14.1. The Morgan fingerprint density at radius 3 is 2.55 bits per heavy atom. The third kappa shape index (κ3) is 3.91. The number of halogens is 1. The fourth-order valence-corrected chi connectivity index (χ4v) is 5.58. The molecule has 1 saturated heterocycles. The summed E-state index contributed by atoms with van der Waals surface area (Å²) in [5.41, 5.74) is 5.22. The number of aryl methyl sites for hydroxylation is 1. The van der Waals surface area contributed by atoms with Crippen LogP contribution in [0, 0.1) is 12.7 Å². The van der Waals surface area contributed by atoms with Crippen LogP contribution in [0.2, 0.25) is 0 Å². The molecule has 4 nitrogen and oxygen atoms in total. The van der Waals surface area contributed by atoms with Gasteiger partial charge in [-0.1, -0.05) is 48.0 Å². The lowest BCUT2D eigenvalue weighted by Gasteiger charge is -2.19. The highest BCUT2D eigenvalue weighted by Gasteiger charge is 2.41. The van der Waals surface area contributed by atoms with E-state index in [0.29, 0.717) is 6.42 Å². The van der Waals surface area contributed by atoms with Crippen molar-refractivity contribution in [1.82, 2.24) is 0 Å². The zero-order chi connectivity index (χ0) is 21.6. The van der Waals surface area contributed by atoms with E-state index < -0.39 is 16.2 Å². The van der Waals surface area contributed by atoms with Crippen LogP contribution in [0.1, 0.15) is 46.3 Å². The first kappa shape index (κ1) is 20.4. The Balaban J connectivity index is 1.41. The van der Waals surface area contributed by atoms with Gasteiger partial charge in [-0.2, -0.15) is 8.42 Å². The third-order valence-electron chi connectivity index (χ3n) is 6.19. The van der Waals surface area contributed by atoms with E-state index in [0.717, 1.165) is 23.1 Å². The summed E-state index contributed by atoms with van der Waals surface area (Å²) in [5.74, 6) is -0.274. The Morgan fingerprint density at radius 1 is 1.00 bits per heavy atom. The molecular formula is C25H23FO4S.